The number of hydrogen-bond acceptors (Lipinski definition) is 9. The van der Waals surface area contributed by atoms with Gasteiger partial charge in [0.05, 0.1) is 5.56 Å². The normalized spacial score (nSPS) is 12.0. The van der Waals surface area contributed by atoms with Gasteiger partial charge in [-0.25, -0.2) is 9.97 Å². The van der Waals surface area contributed by atoms with Crippen molar-refractivity contribution in [3.63, 3.8) is 0 Å². The Labute approximate surface area is 203 Å². The lowest BCUT2D eigenvalue weighted by Gasteiger charge is -2.15. The first-order valence-electron chi connectivity index (χ1n) is 10.7. The number of alkyl halides is 3. The summed E-state index contributed by atoms with van der Waals surface area (Å²) in [6.07, 6.45) is -1.80. The minimum absolute atomic E-state index is 0.0334. The van der Waals surface area contributed by atoms with Crippen LogP contribution in [0.5, 0.6) is 0 Å². The molecule has 14 heteroatoms. The van der Waals surface area contributed by atoms with Gasteiger partial charge in [0.15, 0.2) is 11.6 Å². The molecule has 1 amide bonds. The van der Waals surface area contributed by atoms with Crippen molar-refractivity contribution in [2.24, 2.45) is 7.05 Å². The van der Waals surface area contributed by atoms with E-state index in [1.165, 1.54) is 18.5 Å². The molecule has 0 aliphatic carbocycles. The van der Waals surface area contributed by atoms with E-state index >= 15 is 0 Å². The SMILES string of the molecule is Cn1ccc(Nc2ncnc(-c3ccc(CNC(=O)c4noc(C(C)(C)C)n4)c(C(F)(F)F)c3)n2)n1. The summed E-state index contributed by atoms with van der Waals surface area (Å²) < 4.78 is 48.2. The lowest BCUT2D eigenvalue weighted by Crippen LogP contribution is -2.26. The van der Waals surface area contributed by atoms with Gasteiger partial charge in [-0.15, -0.1) is 0 Å². The van der Waals surface area contributed by atoms with Gasteiger partial charge in [0.25, 0.3) is 11.7 Å². The fourth-order valence-electron chi connectivity index (χ4n) is 3.10. The highest BCUT2D eigenvalue weighted by Gasteiger charge is 2.34. The minimum atomic E-state index is -4.69. The molecule has 4 aromatic rings. The number of aromatic nitrogens is 7. The number of halogens is 3. The second kappa shape index (κ2) is 9.36. The zero-order valence-corrected chi connectivity index (χ0v) is 19.8. The molecule has 4 rings (SSSR count). The summed E-state index contributed by atoms with van der Waals surface area (Å²) in [4.78, 5) is 28.6. The van der Waals surface area contributed by atoms with Crippen LogP contribution in [0.4, 0.5) is 24.9 Å². The van der Waals surface area contributed by atoms with Gasteiger partial charge in [0.1, 0.15) is 6.33 Å². The third kappa shape index (κ3) is 5.64. The number of rotatable bonds is 6. The number of carbonyl (C=O) groups is 1. The van der Waals surface area contributed by atoms with Crippen LogP contribution in [-0.2, 0) is 25.2 Å². The first-order valence-corrected chi connectivity index (χ1v) is 10.7. The summed E-state index contributed by atoms with van der Waals surface area (Å²) in [6, 6.07) is 5.30. The molecule has 1 aromatic carbocycles. The summed E-state index contributed by atoms with van der Waals surface area (Å²) in [6.45, 7) is 5.06. The van der Waals surface area contributed by atoms with E-state index in [9.17, 15) is 18.0 Å². The Kier molecular flexibility index (Phi) is 6.43. The van der Waals surface area contributed by atoms with Gasteiger partial charge >= 0.3 is 6.18 Å². The van der Waals surface area contributed by atoms with Crippen molar-refractivity contribution >= 4 is 17.7 Å². The van der Waals surface area contributed by atoms with E-state index < -0.39 is 29.6 Å². The quantitative estimate of drug-likeness (QED) is 0.406. The molecule has 0 spiro atoms. The molecule has 0 saturated carbocycles. The maximum absolute atomic E-state index is 13.9. The van der Waals surface area contributed by atoms with Crippen molar-refractivity contribution in [1.82, 2.24) is 40.2 Å². The first kappa shape index (κ1) is 24.8. The smallest absolute Gasteiger partial charge is 0.345 e. The summed E-state index contributed by atoms with van der Waals surface area (Å²) in [5.41, 5.74) is -1.45. The van der Waals surface area contributed by atoms with E-state index in [2.05, 4.69) is 40.8 Å². The van der Waals surface area contributed by atoms with Gasteiger partial charge < -0.3 is 15.2 Å². The van der Waals surface area contributed by atoms with E-state index in [1.807, 2.05) is 20.8 Å². The van der Waals surface area contributed by atoms with Gasteiger partial charge in [-0.1, -0.05) is 38.1 Å². The molecular formula is C22H22F3N9O2. The summed E-state index contributed by atoms with van der Waals surface area (Å²) in [7, 11) is 1.73. The molecule has 2 N–H and O–H groups in total. The van der Waals surface area contributed by atoms with Crippen molar-refractivity contribution in [3.05, 3.63) is 59.6 Å². The van der Waals surface area contributed by atoms with Crippen molar-refractivity contribution in [1.29, 1.82) is 0 Å². The van der Waals surface area contributed by atoms with Gasteiger partial charge in [0, 0.05) is 36.8 Å². The second-order valence-corrected chi connectivity index (χ2v) is 8.86. The number of nitrogens with one attached hydrogen (secondary N) is 2. The van der Waals surface area contributed by atoms with E-state index in [0.29, 0.717) is 5.82 Å². The number of anilines is 2. The molecule has 0 saturated heterocycles. The van der Waals surface area contributed by atoms with E-state index in [4.69, 9.17) is 4.52 Å². The molecule has 11 nitrogen and oxygen atoms in total. The van der Waals surface area contributed by atoms with Crippen LogP contribution in [0.15, 0.2) is 41.3 Å². The summed E-state index contributed by atoms with van der Waals surface area (Å²) in [5, 5.41) is 13.0. The number of aryl methyl sites for hydroxylation is 1. The Morgan fingerprint density at radius 2 is 1.89 bits per heavy atom. The Morgan fingerprint density at radius 1 is 1.11 bits per heavy atom. The maximum atomic E-state index is 13.9. The standard InChI is InChI=1S/C22H22F3N9O2/c1-21(2,3)19-30-17(33-36-19)18(35)26-10-13-6-5-12(9-14(13)22(23,24)25)16-27-11-28-20(31-16)29-15-7-8-34(4)32-15/h5-9,11H,10H2,1-4H3,(H,26,35)(H,27,28,29,31,32). The predicted octanol–water partition coefficient (Wildman–Crippen LogP) is 3.65. The minimum Gasteiger partial charge on any atom is -0.345 e. The third-order valence-electron chi connectivity index (χ3n) is 4.91. The van der Waals surface area contributed by atoms with Crippen LogP contribution in [0.1, 0.15) is 48.4 Å². The summed E-state index contributed by atoms with van der Waals surface area (Å²) in [5.74, 6) is -0.156. The molecule has 188 valence electrons. The molecule has 0 aliphatic rings. The number of amides is 1. The number of benzene rings is 1. The lowest BCUT2D eigenvalue weighted by atomic mass is 9.97. The van der Waals surface area contributed by atoms with Gasteiger partial charge in [0.2, 0.25) is 11.8 Å². The molecule has 3 heterocycles. The molecule has 0 aliphatic heterocycles. The van der Waals surface area contributed by atoms with Gasteiger partial charge in [-0.2, -0.15) is 28.2 Å². The number of carbonyl (C=O) groups excluding carboxylic acids is 1. The van der Waals surface area contributed by atoms with E-state index in [1.54, 1.807) is 24.0 Å². The molecule has 0 unspecified atom stereocenters. The molecule has 0 radical (unpaired) electrons. The van der Waals surface area contributed by atoms with E-state index in [-0.39, 0.29) is 34.6 Å². The maximum Gasteiger partial charge on any atom is 0.416 e. The van der Waals surface area contributed by atoms with Crippen LogP contribution < -0.4 is 10.6 Å². The van der Waals surface area contributed by atoms with Gasteiger partial charge in [-0.3, -0.25) is 9.48 Å². The highest BCUT2D eigenvalue weighted by molar-refractivity contribution is 5.90. The van der Waals surface area contributed by atoms with Gasteiger partial charge in [-0.05, 0) is 11.6 Å². The lowest BCUT2D eigenvalue weighted by molar-refractivity contribution is -0.138. The average Bonchev–Trinajstić information content (AvgIpc) is 3.46. The molecular weight excluding hydrogens is 479 g/mol. The summed E-state index contributed by atoms with van der Waals surface area (Å²) >= 11 is 0. The van der Waals surface area contributed by atoms with Crippen LogP contribution >= 0.6 is 0 Å². The molecule has 0 fully saturated rings. The number of nitrogens with zero attached hydrogens (tertiary/aromatic N) is 7. The van der Waals surface area contributed by atoms with Crippen LogP contribution in [0.3, 0.4) is 0 Å². The van der Waals surface area contributed by atoms with Crippen molar-refractivity contribution in [2.75, 3.05) is 5.32 Å². The van der Waals surface area contributed by atoms with E-state index in [0.717, 1.165) is 6.07 Å². The average molecular weight is 501 g/mol. The fraction of sp³-hybridized carbons (Fsp3) is 0.318. The predicted molar refractivity (Wildman–Crippen MR) is 121 cm³/mol. The Balaban J connectivity index is 1.55. The third-order valence-corrected chi connectivity index (χ3v) is 4.91. The van der Waals surface area contributed by atoms with Crippen molar-refractivity contribution < 1.29 is 22.5 Å². The highest BCUT2D eigenvalue weighted by Crippen LogP contribution is 2.34. The topological polar surface area (TPSA) is 137 Å². The van der Waals surface area contributed by atoms with Crippen LogP contribution in [-0.4, -0.2) is 40.8 Å². The van der Waals surface area contributed by atoms with Crippen LogP contribution in [0.2, 0.25) is 0 Å². The largest absolute Gasteiger partial charge is 0.416 e. The van der Waals surface area contributed by atoms with Crippen molar-refractivity contribution in [3.8, 4) is 11.4 Å². The Morgan fingerprint density at radius 3 is 2.53 bits per heavy atom. The van der Waals surface area contributed by atoms with Crippen molar-refractivity contribution in [2.45, 2.75) is 38.9 Å². The molecule has 3 aromatic heterocycles. The zero-order valence-electron chi connectivity index (χ0n) is 19.8. The zero-order chi connectivity index (χ0) is 26.1. The molecule has 0 bridgehead atoms. The first-order chi connectivity index (χ1) is 16.9. The number of hydrogen-bond donors (Lipinski definition) is 2. The fourth-order valence-corrected chi connectivity index (χ4v) is 3.10. The monoisotopic (exact) mass is 501 g/mol. The highest BCUT2D eigenvalue weighted by atomic mass is 19.4. The molecule has 36 heavy (non-hydrogen) atoms. The Bertz CT molecular complexity index is 1390. The van der Waals surface area contributed by atoms with Crippen LogP contribution in [0, 0.1) is 0 Å². The Hall–Kier alpha value is -4.36. The second-order valence-electron chi connectivity index (χ2n) is 8.86. The molecule has 0 atom stereocenters. The van der Waals surface area contributed by atoms with Crippen LogP contribution in [0.25, 0.3) is 11.4 Å².